The van der Waals surface area contributed by atoms with Crippen LogP contribution in [0.1, 0.15) is 18.1 Å². The number of ether oxygens (including phenoxy) is 1. The Hall–Kier alpha value is -1.28. The van der Waals surface area contributed by atoms with Gasteiger partial charge in [-0.2, -0.15) is 0 Å². The second kappa shape index (κ2) is 6.25. The molecule has 0 aromatic heterocycles. The third-order valence-corrected chi connectivity index (χ3v) is 2.09. The van der Waals surface area contributed by atoms with E-state index < -0.39 is 0 Å². The van der Waals surface area contributed by atoms with Gasteiger partial charge in [0.2, 0.25) is 0 Å². The molecule has 1 aromatic carbocycles. The molecule has 0 saturated carbocycles. The summed E-state index contributed by atoms with van der Waals surface area (Å²) in [7, 11) is 0. The second-order valence-corrected chi connectivity index (χ2v) is 3.37. The third kappa shape index (κ3) is 3.76. The molecule has 0 saturated heterocycles. The van der Waals surface area contributed by atoms with Crippen molar-refractivity contribution in [2.24, 2.45) is 0 Å². The van der Waals surface area contributed by atoms with Crippen molar-refractivity contribution in [3.05, 3.63) is 48.6 Å². The Bertz CT molecular complexity index is 322. The number of rotatable bonds is 5. The van der Waals surface area contributed by atoms with E-state index in [1.807, 2.05) is 30.3 Å². The van der Waals surface area contributed by atoms with E-state index in [2.05, 4.69) is 6.58 Å². The van der Waals surface area contributed by atoms with E-state index in [1.165, 1.54) is 0 Å². The van der Waals surface area contributed by atoms with Gasteiger partial charge in [0.15, 0.2) is 0 Å². The molecule has 1 rings (SSSR count). The SMILES string of the molecule is C=CC(OC(=O)CCCl)c1ccccc1. The van der Waals surface area contributed by atoms with Crippen molar-refractivity contribution >= 4 is 17.6 Å². The number of hydrogen-bond donors (Lipinski definition) is 0. The van der Waals surface area contributed by atoms with Gasteiger partial charge in [0.1, 0.15) is 6.10 Å². The third-order valence-electron chi connectivity index (χ3n) is 1.90. The average molecular weight is 225 g/mol. The number of carbonyl (C=O) groups is 1. The van der Waals surface area contributed by atoms with E-state index in [9.17, 15) is 4.79 Å². The number of benzene rings is 1. The lowest BCUT2D eigenvalue weighted by Crippen LogP contribution is -2.09. The van der Waals surface area contributed by atoms with E-state index in [0.717, 1.165) is 5.56 Å². The molecule has 0 spiro atoms. The van der Waals surface area contributed by atoms with Gasteiger partial charge in [0, 0.05) is 5.88 Å². The Morgan fingerprint density at radius 3 is 2.67 bits per heavy atom. The molecule has 0 aliphatic heterocycles. The van der Waals surface area contributed by atoms with Gasteiger partial charge < -0.3 is 4.74 Å². The molecule has 1 unspecified atom stereocenters. The van der Waals surface area contributed by atoms with Crippen molar-refractivity contribution in [3.63, 3.8) is 0 Å². The van der Waals surface area contributed by atoms with Crippen LogP contribution >= 0.6 is 11.6 Å². The maximum absolute atomic E-state index is 11.2. The Kier molecular flexibility index (Phi) is 4.91. The van der Waals surface area contributed by atoms with E-state index in [1.54, 1.807) is 6.08 Å². The van der Waals surface area contributed by atoms with Crippen molar-refractivity contribution in [1.29, 1.82) is 0 Å². The number of esters is 1. The molecule has 0 N–H and O–H groups in total. The molecule has 3 heteroatoms. The molecule has 0 heterocycles. The molecule has 0 radical (unpaired) electrons. The quantitative estimate of drug-likeness (QED) is 0.437. The van der Waals surface area contributed by atoms with Crippen LogP contribution in [0.2, 0.25) is 0 Å². The fourth-order valence-corrected chi connectivity index (χ4v) is 1.33. The Morgan fingerprint density at radius 2 is 2.13 bits per heavy atom. The van der Waals surface area contributed by atoms with Gasteiger partial charge in [-0.15, -0.1) is 11.6 Å². The van der Waals surface area contributed by atoms with Crippen molar-refractivity contribution in [2.75, 3.05) is 5.88 Å². The summed E-state index contributed by atoms with van der Waals surface area (Å²) in [5.74, 6) is -0.0314. The first-order valence-corrected chi connectivity index (χ1v) is 5.24. The minimum absolute atomic E-state index is 0.221. The lowest BCUT2D eigenvalue weighted by atomic mass is 10.1. The number of halogens is 1. The molecule has 0 aliphatic carbocycles. The van der Waals surface area contributed by atoms with Crippen molar-refractivity contribution < 1.29 is 9.53 Å². The van der Waals surface area contributed by atoms with Gasteiger partial charge in [-0.3, -0.25) is 4.79 Å². The number of alkyl halides is 1. The number of carbonyl (C=O) groups excluding carboxylic acids is 1. The fraction of sp³-hybridized carbons (Fsp3) is 0.250. The summed E-state index contributed by atoms with van der Waals surface area (Å²) in [4.78, 5) is 11.2. The highest BCUT2D eigenvalue weighted by Gasteiger charge is 2.11. The van der Waals surface area contributed by atoms with Gasteiger partial charge >= 0.3 is 5.97 Å². The summed E-state index contributed by atoms with van der Waals surface area (Å²) in [6.45, 7) is 3.64. The zero-order valence-corrected chi connectivity index (χ0v) is 9.11. The fourth-order valence-electron chi connectivity index (χ4n) is 1.17. The summed E-state index contributed by atoms with van der Waals surface area (Å²) in [5, 5.41) is 0. The molecular weight excluding hydrogens is 212 g/mol. The first-order valence-electron chi connectivity index (χ1n) is 4.71. The molecule has 80 valence electrons. The monoisotopic (exact) mass is 224 g/mol. The van der Waals surface area contributed by atoms with E-state index >= 15 is 0 Å². The van der Waals surface area contributed by atoms with Gasteiger partial charge in [-0.25, -0.2) is 0 Å². The average Bonchev–Trinajstić information content (AvgIpc) is 2.27. The predicted molar refractivity (Wildman–Crippen MR) is 60.8 cm³/mol. The molecule has 0 amide bonds. The van der Waals surface area contributed by atoms with Gasteiger partial charge in [0.25, 0.3) is 0 Å². The maximum Gasteiger partial charge on any atom is 0.307 e. The Labute approximate surface area is 94.5 Å². The standard InChI is InChI=1S/C12H13ClO2/c1-2-11(15-12(14)8-9-13)10-6-4-3-5-7-10/h2-7,11H,1,8-9H2. The van der Waals surface area contributed by atoms with Gasteiger partial charge in [0.05, 0.1) is 6.42 Å². The predicted octanol–water partition coefficient (Wildman–Crippen LogP) is 3.09. The molecule has 0 bridgehead atoms. The normalized spacial score (nSPS) is 11.8. The molecule has 1 atom stereocenters. The van der Waals surface area contributed by atoms with Gasteiger partial charge in [-0.1, -0.05) is 36.9 Å². The summed E-state index contributed by atoms with van der Waals surface area (Å²) in [6.07, 6.45) is 1.43. The molecular formula is C12H13ClO2. The zero-order valence-electron chi connectivity index (χ0n) is 8.36. The van der Waals surface area contributed by atoms with Crippen LogP contribution < -0.4 is 0 Å². The first kappa shape index (κ1) is 11.8. The molecule has 0 fully saturated rings. The van der Waals surface area contributed by atoms with Crippen LogP contribution in [0.3, 0.4) is 0 Å². The minimum Gasteiger partial charge on any atom is -0.453 e. The van der Waals surface area contributed by atoms with Crippen LogP contribution in [0.25, 0.3) is 0 Å². The van der Waals surface area contributed by atoms with E-state index in [-0.39, 0.29) is 24.4 Å². The zero-order chi connectivity index (χ0) is 11.1. The Balaban J connectivity index is 2.65. The first-order chi connectivity index (χ1) is 7.27. The summed E-state index contributed by atoms with van der Waals surface area (Å²) in [5.41, 5.74) is 0.912. The largest absolute Gasteiger partial charge is 0.453 e. The topological polar surface area (TPSA) is 26.3 Å². The molecule has 1 aromatic rings. The van der Waals surface area contributed by atoms with Crippen LogP contribution in [0.4, 0.5) is 0 Å². The lowest BCUT2D eigenvalue weighted by Gasteiger charge is -2.13. The summed E-state index contributed by atoms with van der Waals surface area (Å²) in [6, 6.07) is 9.47. The van der Waals surface area contributed by atoms with Crippen molar-refractivity contribution in [1.82, 2.24) is 0 Å². The van der Waals surface area contributed by atoms with Crippen LogP contribution in [0, 0.1) is 0 Å². The van der Waals surface area contributed by atoms with E-state index in [0.29, 0.717) is 0 Å². The van der Waals surface area contributed by atoms with Crippen LogP contribution in [0.5, 0.6) is 0 Å². The molecule has 0 aliphatic rings. The summed E-state index contributed by atoms with van der Waals surface area (Å²) < 4.78 is 5.18. The van der Waals surface area contributed by atoms with Crippen molar-refractivity contribution in [3.8, 4) is 0 Å². The molecule has 15 heavy (non-hydrogen) atoms. The number of hydrogen-bond acceptors (Lipinski definition) is 2. The van der Waals surface area contributed by atoms with Crippen molar-refractivity contribution in [2.45, 2.75) is 12.5 Å². The minimum atomic E-state index is -0.387. The highest BCUT2D eigenvalue weighted by atomic mass is 35.5. The smallest absolute Gasteiger partial charge is 0.307 e. The highest BCUT2D eigenvalue weighted by molar-refractivity contribution is 6.18. The Morgan fingerprint density at radius 1 is 1.47 bits per heavy atom. The van der Waals surface area contributed by atoms with Crippen LogP contribution in [-0.4, -0.2) is 11.8 Å². The summed E-state index contributed by atoms with van der Waals surface area (Å²) >= 11 is 5.44. The maximum atomic E-state index is 11.2. The van der Waals surface area contributed by atoms with E-state index in [4.69, 9.17) is 16.3 Å². The lowest BCUT2D eigenvalue weighted by molar-refractivity contribution is -0.146. The molecule has 2 nitrogen and oxygen atoms in total. The second-order valence-electron chi connectivity index (χ2n) is 3.00. The van der Waals surface area contributed by atoms with Crippen LogP contribution in [0.15, 0.2) is 43.0 Å². The van der Waals surface area contributed by atoms with Gasteiger partial charge in [-0.05, 0) is 11.6 Å². The van der Waals surface area contributed by atoms with Crippen LogP contribution in [-0.2, 0) is 9.53 Å². The highest BCUT2D eigenvalue weighted by Crippen LogP contribution is 2.18.